The van der Waals surface area contributed by atoms with Crippen molar-refractivity contribution >= 4 is 27.5 Å². The number of amides is 1. The number of carbonyl (C=O) groups excluding carboxylic acids is 1. The van der Waals surface area contributed by atoms with Crippen molar-refractivity contribution in [1.29, 1.82) is 0 Å². The van der Waals surface area contributed by atoms with Gasteiger partial charge in [-0.3, -0.25) is 4.79 Å². The van der Waals surface area contributed by atoms with Gasteiger partial charge in [-0.1, -0.05) is 56.6 Å². The minimum absolute atomic E-state index is 0.0254. The van der Waals surface area contributed by atoms with Gasteiger partial charge in [0.25, 0.3) is 0 Å². The summed E-state index contributed by atoms with van der Waals surface area (Å²) < 4.78 is 5.32. The van der Waals surface area contributed by atoms with E-state index >= 15 is 0 Å². The molecule has 1 aromatic rings. The molecule has 0 aromatic heterocycles. The molecule has 1 N–H and O–H groups in total. The number of alkyl halides is 1. The number of hydrogen-bond donors (Lipinski definition) is 1. The summed E-state index contributed by atoms with van der Waals surface area (Å²) in [5, 5.41) is 2.94. The lowest BCUT2D eigenvalue weighted by Gasteiger charge is -2.22. The molecule has 1 aromatic carbocycles. The number of halogens is 1. The highest BCUT2D eigenvalue weighted by atomic mass is 79.9. The van der Waals surface area contributed by atoms with Gasteiger partial charge in [0, 0.05) is 0 Å². The third-order valence-corrected chi connectivity index (χ3v) is 4.63. The molecular weight excluding hydrogens is 318 g/mol. The number of rotatable bonds is 4. The summed E-state index contributed by atoms with van der Waals surface area (Å²) in [5.74, 6) is 0.853. The van der Waals surface area contributed by atoms with E-state index in [-0.39, 0.29) is 22.1 Å². The first-order valence-electron chi connectivity index (χ1n) is 6.80. The van der Waals surface area contributed by atoms with E-state index in [0.717, 1.165) is 11.3 Å². The zero-order chi connectivity index (χ0) is 15.5. The SMILES string of the molecule is COc1ccc(C(C)(C)C)cc1NC(=O)C(Br)C(C)C. The van der Waals surface area contributed by atoms with Gasteiger partial charge >= 0.3 is 0 Å². The topological polar surface area (TPSA) is 38.3 Å². The maximum absolute atomic E-state index is 12.2. The van der Waals surface area contributed by atoms with Gasteiger partial charge in [-0.2, -0.15) is 0 Å². The Hall–Kier alpha value is -1.03. The number of carbonyl (C=O) groups is 1. The van der Waals surface area contributed by atoms with Crippen molar-refractivity contribution in [1.82, 2.24) is 0 Å². The van der Waals surface area contributed by atoms with E-state index in [1.165, 1.54) is 0 Å². The third kappa shape index (κ3) is 4.23. The highest BCUT2D eigenvalue weighted by molar-refractivity contribution is 9.10. The Morgan fingerprint density at radius 1 is 1.30 bits per heavy atom. The van der Waals surface area contributed by atoms with Crippen LogP contribution >= 0.6 is 15.9 Å². The predicted molar refractivity (Wildman–Crippen MR) is 87.9 cm³/mol. The van der Waals surface area contributed by atoms with Crippen LogP contribution in [0.1, 0.15) is 40.2 Å². The normalized spacial score (nSPS) is 13.2. The number of ether oxygens (including phenoxy) is 1. The molecule has 0 radical (unpaired) electrons. The Bertz CT molecular complexity index is 478. The van der Waals surface area contributed by atoms with E-state index in [4.69, 9.17) is 4.74 Å². The molecule has 112 valence electrons. The van der Waals surface area contributed by atoms with Crippen LogP contribution in [0.2, 0.25) is 0 Å². The molecular formula is C16H24BrNO2. The Morgan fingerprint density at radius 3 is 2.35 bits per heavy atom. The highest BCUT2D eigenvalue weighted by Gasteiger charge is 2.21. The van der Waals surface area contributed by atoms with Crippen LogP contribution in [0.5, 0.6) is 5.75 Å². The summed E-state index contributed by atoms with van der Waals surface area (Å²) in [6.45, 7) is 10.4. The van der Waals surface area contributed by atoms with Gasteiger partial charge in [0.2, 0.25) is 5.91 Å². The van der Waals surface area contributed by atoms with Crippen LogP contribution in [-0.4, -0.2) is 17.8 Å². The molecule has 0 aliphatic rings. The van der Waals surface area contributed by atoms with Gasteiger partial charge in [-0.05, 0) is 29.0 Å². The fraction of sp³-hybridized carbons (Fsp3) is 0.562. The molecule has 1 atom stereocenters. The summed E-state index contributed by atoms with van der Waals surface area (Å²) >= 11 is 3.42. The molecule has 0 spiro atoms. The zero-order valence-corrected chi connectivity index (χ0v) is 14.7. The summed E-state index contributed by atoms with van der Waals surface area (Å²) in [6, 6.07) is 5.91. The molecule has 0 fully saturated rings. The minimum atomic E-state index is -0.217. The van der Waals surface area contributed by atoms with E-state index < -0.39 is 0 Å². The standard InChI is InChI=1S/C16H24BrNO2/c1-10(2)14(17)15(19)18-12-9-11(16(3,4)5)7-8-13(12)20-6/h7-10,14H,1-6H3,(H,18,19). The molecule has 0 aliphatic carbocycles. The number of hydrogen-bond acceptors (Lipinski definition) is 2. The van der Waals surface area contributed by atoms with Crippen molar-refractivity contribution in [3.05, 3.63) is 23.8 Å². The van der Waals surface area contributed by atoms with Crippen LogP contribution in [-0.2, 0) is 10.2 Å². The predicted octanol–water partition coefficient (Wildman–Crippen LogP) is 4.35. The Labute approximate surface area is 130 Å². The van der Waals surface area contributed by atoms with Crippen LogP contribution in [0.4, 0.5) is 5.69 Å². The van der Waals surface area contributed by atoms with Gasteiger partial charge in [0.1, 0.15) is 5.75 Å². The number of benzene rings is 1. The third-order valence-electron chi connectivity index (χ3n) is 3.16. The highest BCUT2D eigenvalue weighted by Crippen LogP contribution is 2.32. The molecule has 0 aliphatic heterocycles. The van der Waals surface area contributed by atoms with E-state index in [2.05, 4.69) is 42.0 Å². The molecule has 4 heteroatoms. The van der Waals surface area contributed by atoms with E-state index in [9.17, 15) is 4.79 Å². The molecule has 3 nitrogen and oxygen atoms in total. The van der Waals surface area contributed by atoms with E-state index in [0.29, 0.717) is 5.75 Å². The van der Waals surface area contributed by atoms with E-state index in [1.807, 2.05) is 32.0 Å². The first-order chi connectivity index (χ1) is 9.16. The first kappa shape index (κ1) is 17.0. The van der Waals surface area contributed by atoms with Crippen molar-refractivity contribution < 1.29 is 9.53 Å². The summed E-state index contributed by atoms with van der Waals surface area (Å²) in [5.41, 5.74) is 1.90. The smallest absolute Gasteiger partial charge is 0.238 e. The molecule has 1 unspecified atom stereocenters. The van der Waals surface area contributed by atoms with Crippen LogP contribution in [0.15, 0.2) is 18.2 Å². The largest absolute Gasteiger partial charge is 0.495 e. The average Bonchev–Trinajstić information content (AvgIpc) is 2.36. The lowest BCUT2D eigenvalue weighted by molar-refractivity contribution is -0.116. The fourth-order valence-electron chi connectivity index (χ4n) is 1.78. The number of nitrogens with one attached hydrogen (secondary N) is 1. The molecule has 1 amide bonds. The molecule has 0 saturated heterocycles. The van der Waals surface area contributed by atoms with Gasteiger partial charge in [-0.25, -0.2) is 0 Å². The molecule has 0 bridgehead atoms. The summed E-state index contributed by atoms with van der Waals surface area (Å²) in [4.78, 5) is 12.0. The van der Waals surface area contributed by atoms with Crippen LogP contribution in [0.3, 0.4) is 0 Å². The van der Waals surface area contributed by atoms with Crippen molar-refractivity contribution in [2.45, 2.75) is 44.9 Å². The Morgan fingerprint density at radius 2 is 1.90 bits per heavy atom. The summed E-state index contributed by atoms with van der Waals surface area (Å²) in [6.07, 6.45) is 0. The second-order valence-electron chi connectivity index (χ2n) is 6.30. The summed E-state index contributed by atoms with van der Waals surface area (Å²) in [7, 11) is 1.61. The number of anilines is 1. The van der Waals surface area contributed by atoms with Crippen LogP contribution in [0.25, 0.3) is 0 Å². The van der Waals surface area contributed by atoms with Gasteiger partial charge < -0.3 is 10.1 Å². The van der Waals surface area contributed by atoms with Gasteiger partial charge in [0.05, 0.1) is 17.6 Å². The molecule has 0 heterocycles. The van der Waals surface area contributed by atoms with E-state index in [1.54, 1.807) is 7.11 Å². The molecule has 20 heavy (non-hydrogen) atoms. The lowest BCUT2D eigenvalue weighted by atomic mass is 9.87. The average molecular weight is 342 g/mol. The van der Waals surface area contributed by atoms with Crippen molar-refractivity contribution in [2.75, 3.05) is 12.4 Å². The number of methoxy groups -OCH3 is 1. The van der Waals surface area contributed by atoms with Gasteiger partial charge in [0.15, 0.2) is 0 Å². The minimum Gasteiger partial charge on any atom is -0.495 e. The van der Waals surface area contributed by atoms with Crippen LogP contribution in [0, 0.1) is 5.92 Å². The zero-order valence-electron chi connectivity index (χ0n) is 13.1. The van der Waals surface area contributed by atoms with Gasteiger partial charge in [-0.15, -0.1) is 0 Å². The fourth-order valence-corrected chi connectivity index (χ4v) is 1.89. The molecule has 0 saturated carbocycles. The Balaban J connectivity index is 3.06. The Kier molecular flexibility index (Phi) is 5.63. The maximum atomic E-state index is 12.2. The van der Waals surface area contributed by atoms with Crippen molar-refractivity contribution in [3.63, 3.8) is 0 Å². The van der Waals surface area contributed by atoms with Crippen molar-refractivity contribution in [3.8, 4) is 5.75 Å². The maximum Gasteiger partial charge on any atom is 0.238 e. The second-order valence-corrected chi connectivity index (χ2v) is 7.29. The quantitative estimate of drug-likeness (QED) is 0.826. The van der Waals surface area contributed by atoms with Crippen LogP contribution < -0.4 is 10.1 Å². The monoisotopic (exact) mass is 341 g/mol. The molecule has 1 rings (SSSR count). The lowest BCUT2D eigenvalue weighted by Crippen LogP contribution is -2.27. The van der Waals surface area contributed by atoms with Crippen molar-refractivity contribution in [2.24, 2.45) is 5.92 Å². The second kappa shape index (κ2) is 6.61. The first-order valence-corrected chi connectivity index (χ1v) is 7.72.